The van der Waals surface area contributed by atoms with Gasteiger partial charge in [0.2, 0.25) is 0 Å². The highest BCUT2D eigenvalue weighted by Crippen LogP contribution is 2.41. The summed E-state index contributed by atoms with van der Waals surface area (Å²) in [5.74, 6) is -0.631. The third-order valence-corrected chi connectivity index (χ3v) is 13.2. The van der Waals surface area contributed by atoms with Gasteiger partial charge in [0.1, 0.15) is 11.6 Å². The van der Waals surface area contributed by atoms with Crippen LogP contribution < -0.4 is 25.3 Å². The molecule has 352 valence electrons. The van der Waals surface area contributed by atoms with Crippen LogP contribution in [0, 0.1) is 25.5 Å². The van der Waals surface area contributed by atoms with Crippen molar-refractivity contribution in [2.24, 2.45) is 0 Å². The predicted molar refractivity (Wildman–Crippen MR) is 276 cm³/mol. The van der Waals surface area contributed by atoms with Gasteiger partial charge in [-0.25, -0.2) is 18.7 Å². The summed E-state index contributed by atoms with van der Waals surface area (Å²) in [4.78, 5) is 25.6. The molecule has 0 saturated carbocycles. The first-order chi connectivity index (χ1) is 33.8. The molecule has 4 aromatic carbocycles. The van der Waals surface area contributed by atoms with E-state index in [1.54, 1.807) is 24.5 Å². The maximum absolute atomic E-state index is 14.3. The first-order valence-corrected chi connectivity index (χ1v) is 24.0. The van der Waals surface area contributed by atoms with Gasteiger partial charge < -0.3 is 39.5 Å². The molecule has 0 bridgehead atoms. The van der Waals surface area contributed by atoms with Crippen LogP contribution in [0.15, 0.2) is 126 Å². The summed E-state index contributed by atoms with van der Waals surface area (Å²) in [6.45, 7) is 13.3. The van der Waals surface area contributed by atoms with Gasteiger partial charge in [0, 0.05) is 95.9 Å². The van der Waals surface area contributed by atoms with E-state index in [2.05, 4.69) is 81.6 Å². The van der Waals surface area contributed by atoms with Gasteiger partial charge in [-0.3, -0.25) is 9.97 Å². The smallest absolute Gasteiger partial charge is 0.125 e. The van der Waals surface area contributed by atoms with Crippen LogP contribution in [-0.2, 0) is 14.2 Å². The monoisotopic (exact) mass is 991 g/mol. The van der Waals surface area contributed by atoms with Crippen LogP contribution in [-0.4, -0.2) is 98.8 Å². The number of hydrogen-bond acceptors (Lipinski definition) is 12. The first kappa shape index (κ1) is 46.0. The summed E-state index contributed by atoms with van der Waals surface area (Å²) < 4.78 is 46.1. The van der Waals surface area contributed by atoms with Crippen molar-refractivity contribution in [2.75, 3.05) is 104 Å². The zero-order chi connectivity index (χ0) is 47.3. The van der Waals surface area contributed by atoms with Crippen molar-refractivity contribution in [1.29, 1.82) is 0 Å². The minimum absolute atomic E-state index is 0.315. The lowest BCUT2D eigenvalue weighted by atomic mass is 10.0. The van der Waals surface area contributed by atoms with Gasteiger partial charge in [-0.1, -0.05) is 28.1 Å². The Morgan fingerprint density at radius 1 is 0.507 bits per heavy atom. The molecule has 11 rings (SSSR count). The minimum Gasteiger partial charge on any atom is -0.378 e. The standard InChI is InChI=1S/C29H30FN5O2.C25H22BrFN4O/c1-20-28(23-7-5-21(30)18-25(23)32-29(20)24-4-2-3-9-31-24)33-26-19-22(34-10-14-36-15-11-34)6-8-27(26)35-12-16-37-17-13-35;1-16-24(30-22-14-17(26)5-8-23(22)31-10-12-32-13-11-31)19-7-6-18(27)15-21(19)29-25(16)20-4-2-3-9-28-20/h2-9,18-19H,10-17H2,1H3,(H,32,33);2-9,14-15H,10-13H2,1H3,(H,29,30). The van der Waals surface area contributed by atoms with Crippen molar-refractivity contribution < 1.29 is 23.0 Å². The van der Waals surface area contributed by atoms with Crippen LogP contribution in [0.2, 0.25) is 0 Å². The van der Waals surface area contributed by atoms with E-state index in [9.17, 15) is 8.78 Å². The molecule has 0 aliphatic carbocycles. The summed E-state index contributed by atoms with van der Waals surface area (Å²) in [6.07, 6.45) is 3.49. The molecular weight excluding hydrogens is 941 g/mol. The minimum atomic E-state index is -0.316. The largest absolute Gasteiger partial charge is 0.378 e. The Kier molecular flexibility index (Phi) is 13.9. The molecule has 3 saturated heterocycles. The van der Waals surface area contributed by atoms with E-state index >= 15 is 0 Å². The number of hydrogen-bond donors (Lipinski definition) is 2. The Morgan fingerprint density at radius 3 is 1.42 bits per heavy atom. The third kappa shape index (κ3) is 10.2. The second-order valence-corrected chi connectivity index (χ2v) is 18.0. The molecule has 69 heavy (non-hydrogen) atoms. The van der Waals surface area contributed by atoms with Gasteiger partial charge in [-0.15, -0.1) is 0 Å². The number of pyridine rings is 4. The lowest BCUT2D eigenvalue weighted by Crippen LogP contribution is -2.37. The van der Waals surface area contributed by atoms with E-state index in [1.165, 1.54) is 24.3 Å². The highest BCUT2D eigenvalue weighted by molar-refractivity contribution is 9.10. The van der Waals surface area contributed by atoms with Crippen LogP contribution >= 0.6 is 15.9 Å². The van der Waals surface area contributed by atoms with Crippen molar-refractivity contribution in [2.45, 2.75) is 13.8 Å². The Balaban J connectivity index is 0.000000162. The number of nitrogens with zero attached hydrogens (tertiary/aromatic N) is 7. The van der Waals surface area contributed by atoms with E-state index in [4.69, 9.17) is 24.2 Å². The lowest BCUT2D eigenvalue weighted by Gasteiger charge is -2.33. The zero-order valence-corrected chi connectivity index (χ0v) is 40.1. The van der Waals surface area contributed by atoms with Gasteiger partial charge in [0.15, 0.2) is 0 Å². The van der Waals surface area contributed by atoms with Crippen LogP contribution in [0.5, 0.6) is 0 Å². The second kappa shape index (κ2) is 20.8. The van der Waals surface area contributed by atoms with E-state index in [0.29, 0.717) is 37.5 Å². The molecule has 0 atom stereocenters. The van der Waals surface area contributed by atoms with E-state index < -0.39 is 0 Å². The molecule has 3 fully saturated rings. The van der Waals surface area contributed by atoms with Crippen LogP contribution in [0.1, 0.15) is 11.1 Å². The quantitative estimate of drug-likeness (QED) is 0.144. The Morgan fingerprint density at radius 2 is 0.957 bits per heavy atom. The fraction of sp³-hybridized carbons (Fsp3) is 0.259. The molecule has 0 unspecified atom stereocenters. The maximum Gasteiger partial charge on any atom is 0.125 e. The van der Waals surface area contributed by atoms with Gasteiger partial charge in [0.25, 0.3) is 0 Å². The number of ether oxygens (including phenoxy) is 3. The lowest BCUT2D eigenvalue weighted by molar-refractivity contribution is 0.122. The summed E-state index contributed by atoms with van der Waals surface area (Å²) in [7, 11) is 0. The SMILES string of the molecule is Cc1c(-c2ccccn2)nc2cc(F)ccc2c1Nc1cc(Br)ccc1N1CCOCC1.Cc1c(-c2ccccn2)nc2cc(F)ccc2c1Nc1cc(N2CCOCC2)ccc1N1CCOCC1. The highest BCUT2D eigenvalue weighted by atomic mass is 79.9. The molecule has 4 aromatic heterocycles. The molecule has 8 aromatic rings. The molecule has 12 nitrogen and oxygen atoms in total. The molecule has 2 N–H and O–H groups in total. The van der Waals surface area contributed by atoms with Crippen molar-refractivity contribution >= 4 is 77.5 Å². The van der Waals surface area contributed by atoms with Crippen molar-refractivity contribution in [1.82, 2.24) is 19.9 Å². The number of benzene rings is 4. The number of aromatic nitrogens is 4. The van der Waals surface area contributed by atoms with Gasteiger partial charge in [-0.05, 0) is 98.8 Å². The fourth-order valence-electron chi connectivity index (χ4n) is 9.17. The van der Waals surface area contributed by atoms with Crippen LogP contribution in [0.3, 0.4) is 0 Å². The number of fused-ring (bicyclic) bond motifs is 2. The molecule has 3 aliphatic rings. The average Bonchev–Trinajstić information content (AvgIpc) is 3.39. The summed E-state index contributed by atoms with van der Waals surface area (Å²) in [6, 6.07) is 33.8. The summed E-state index contributed by atoms with van der Waals surface area (Å²) >= 11 is 3.61. The van der Waals surface area contributed by atoms with E-state index in [1.807, 2.05) is 56.3 Å². The molecule has 0 spiro atoms. The normalized spacial score (nSPS) is 15.2. The number of nitrogens with one attached hydrogen (secondary N) is 2. The highest BCUT2D eigenvalue weighted by Gasteiger charge is 2.23. The number of halogens is 3. The van der Waals surface area contributed by atoms with E-state index in [-0.39, 0.29) is 11.6 Å². The van der Waals surface area contributed by atoms with Crippen LogP contribution in [0.4, 0.5) is 48.6 Å². The second-order valence-electron chi connectivity index (χ2n) is 17.1. The fourth-order valence-corrected chi connectivity index (χ4v) is 9.53. The topological polar surface area (TPSA) is 113 Å². The molecule has 7 heterocycles. The molecule has 0 radical (unpaired) electrons. The van der Waals surface area contributed by atoms with Crippen molar-refractivity contribution in [3.63, 3.8) is 0 Å². The predicted octanol–water partition coefficient (Wildman–Crippen LogP) is 11.2. The number of morpholine rings is 3. The maximum atomic E-state index is 14.3. The van der Waals surface area contributed by atoms with Gasteiger partial charge >= 0.3 is 0 Å². The van der Waals surface area contributed by atoms with Gasteiger partial charge in [-0.2, -0.15) is 0 Å². The molecule has 15 heteroatoms. The zero-order valence-electron chi connectivity index (χ0n) is 38.5. The summed E-state index contributed by atoms with van der Waals surface area (Å²) in [5.41, 5.74) is 13.2. The Bertz CT molecular complexity index is 3100. The Labute approximate surface area is 408 Å². The van der Waals surface area contributed by atoms with Gasteiger partial charge in [0.05, 0.1) is 108 Å². The number of anilines is 7. The average molecular weight is 993 g/mol. The van der Waals surface area contributed by atoms with Crippen molar-refractivity contribution in [3.8, 4) is 22.8 Å². The summed E-state index contributed by atoms with van der Waals surface area (Å²) in [5, 5.41) is 9.13. The van der Waals surface area contributed by atoms with E-state index in [0.717, 1.165) is 141 Å². The number of rotatable bonds is 9. The molecule has 0 amide bonds. The third-order valence-electron chi connectivity index (χ3n) is 12.7. The van der Waals surface area contributed by atoms with Crippen molar-refractivity contribution in [3.05, 3.63) is 149 Å². The Hall–Kier alpha value is -6.78. The van der Waals surface area contributed by atoms with Crippen LogP contribution in [0.25, 0.3) is 44.6 Å². The first-order valence-electron chi connectivity index (χ1n) is 23.3. The molecular formula is C54H52BrF2N9O3. The molecule has 3 aliphatic heterocycles.